The molecule has 1 heterocycles. The molecule has 0 amide bonds. The fourth-order valence-electron chi connectivity index (χ4n) is 2.82. The molecular formula is C14H28N2O. The first-order valence-corrected chi connectivity index (χ1v) is 7.29. The summed E-state index contributed by atoms with van der Waals surface area (Å²) >= 11 is 0. The van der Waals surface area contributed by atoms with Crippen molar-refractivity contribution in [3.05, 3.63) is 0 Å². The van der Waals surface area contributed by atoms with Crippen molar-refractivity contribution in [3.63, 3.8) is 0 Å². The Morgan fingerprint density at radius 2 is 2.12 bits per heavy atom. The van der Waals surface area contributed by atoms with Gasteiger partial charge in [0.25, 0.3) is 0 Å². The van der Waals surface area contributed by atoms with Gasteiger partial charge in [-0.15, -0.1) is 0 Å². The molecule has 0 radical (unpaired) electrons. The van der Waals surface area contributed by atoms with E-state index in [4.69, 9.17) is 4.74 Å². The second kappa shape index (κ2) is 6.72. The Morgan fingerprint density at radius 1 is 1.29 bits per heavy atom. The molecule has 1 aliphatic heterocycles. The van der Waals surface area contributed by atoms with E-state index >= 15 is 0 Å². The summed E-state index contributed by atoms with van der Waals surface area (Å²) < 4.78 is 5.69. The summed E-state index contributed by atoms with van der Waals surface area (Å²) in [5.74, 6) is 0.982. The quantitative estimate of drug-likeness (QED) is 0.735. The Labute approximate surface area is 106 Å². The lowest BCUT2D eigenvalue weighted by Crippen LogP contribution is -2.41. The van der Waals surface area contributed by atoms with Gasteiger partial charge < -0.3 is 15.0 Å². The molecule has 3 heteroatoms. The summed E-state index contributed by atoms with van der Waals surface area (Å²) in [6, 6.07) is 0.509. The summed E-state index contributed by atoms with van der Waals surface area (Å²) in [6.45, 7) is 6.74. The predicted molar refractivity (Wildman–Crippen MR) is 71.3 cm³/mol. The van der Waals surface area contributed by atoms with Crippen LogP contribution in [0.4, 0.5) is 0 Å². The molecule has 2 atom stereocenters. The van der Waals surface area contributed by atoms with Gasteiger partial charge in [0.2, 0.25) is 0 Å². The van der Waals surface area contributed by atoms with Crippen LogP contribution in [0.5, 0.6) is 0 Å². The zero-order chi connectivity index (χ0) is 12.1. The van der Waals surface area contributed by atoms with Crippen molar-refractivity contribution < 1.29 is 4.74 Å². The highest BCUT2D eigenvalue weighted by atomic mass is 16.5. The molecule has 1 saturated carbocycles. The fourth-order valence-corrected chi connectivity index (χ4v) is 2.82. The summed E-state index contributed by atoms with van der Waals surface area (Å²) in [5.41, 5.74) is 0. The average Bonchev–Trinajstić information content (AvgIpc) is 2.76. The minimum absolute atomic E-state index is 0.451. The Morgan fingerprint density at radius 3 is 2.71 bits per heavy atom. The number of hydrogen-bond donors (Lipinski definition) is 1. The highest BCUT2D eigenvalue weighted by Crippen LogP contribution is 2.26. The summed E-state index contributed by atoms with van der Waals surface area (Å²) in [5, 5.41) is 3.60. The van der Waals surface area contributed by atoms with Crippen LogP contribution in [0.3, 0.4) is 0 Å². The van der Waals surface area contributed by atoms with E-state index in [-0.39, 0.29) is 0 Å². The van der Waals surface area contributed by atoms with Gasteiger partial charge in [-0.3, -0.25) is 0 Å². The fraction of sp³-hybridized carbons (Fsp3) is 1.00. The van der Waals surface area contributed by atoms with E-state index in [1.807, 2.05) is 0 Å². The topological polar surface area (TPSA) is 24.5 Å². The number of hydrogen-bond acceptors (Lipinski definition) is 3. The molecular weight excluding hydrogens is 212 g/mol. The van der Waals surface area contributed by atoms with Gasteiger partial charge in [0.05, 0.1) is 6.10 Å². The lowest BCUT2D eigenvalue weighted by Gasteiger charge is -2.30. The van der Waals surface area contributed by atoms with Crippen molar-refractivity contribution >= 4 is 0 Å². The maximum Gasteiger partial charge on any atom is 0.0726 e. The van der Waals surface area contributed by atoms with Crippen LogP contribution in [0.25, 0.3) is 0 Å². The monoisotopic (exact) mass is 240 g/mol. The lowest BCUT2D eigenvalue weighted by molar-refractivity contribution is 0.0825. The van der Waals surface area contributed by atoms with Gasteiger partial charge in [-0.1, -0.05) is 6.42 Å². The van der Waals surface area contributed by atoms with Gasteiger partial charge in [0.1, 0.15) is 0 Å². The average molecular weight is 240 g/mol. The molecule has 1 saturated heterocycles. The molecule has 0 aromatic carbocycles. The van der Waals surface area contributed by atoms with Gasteiger partial charge >= 0.3 is 0 Å². The Hall–Kier alpha value is -0.120. The summed E-state index contributed by atoms with van der Waals surface area (Å²) in [7, 11) is 2.25. The van der Waals surface area contributed by atoms with Gasteiger partial charge in [-0.25, -0.2) is 0 Å². The number of likely N-dealkylation sites (N-methyl/N-ethyl adjacent to an activating group) is 1. The second-order valence-corrected chi connectivity index (χ2v) is 5.85. The largest absolute Gasteiger partial charge is 0.377 e. The third-order valence-corrected chi connectivity index (χ3v) is 4.28. The normalized spacial score (nSPS) is 27.4. The summed E-state index contributed by atoms with van der Waals surface area (Å²) in [4.78, 5) is 2.47. The van der Waals surface area contributed by atoms with Crippen LogP contribution < -0.4 is 5.32 Å². The van der Waals surface area contributed by atoms with Crippen molar-refractivity contribution in [1.29, 1.82) is 0 Å². The molecule has 2 unspecified atom stereocenters. The van der Waals surface area contributed by atoms with Crippen LogP contribution in [-0.4, -0.2) is 50.3 Å². The molecule has 1 aliphatic carbocycles. The van der Waals surface area contributed by atoms with Gasteiger partial charge in [0.15, 0.2) is 0 Å². The van der Waals surface area contributed by atoms with Crippen LogP contribution in [0.15, 0.2) is 0 Å². The standard InChI is InChI=1S/C14H28N2O/c1-12(14-7-4-10-17-14)15-8-9-16(2)11-13-5-3-6-13/h12-15H,3-11H2,1-2H3. The smallest absolute Gasteiger partial charge is 0.0726 e. The van der Waals surface area contributed by atoms with Gasteiger partial charge in [0, 0.05) is 32.3 Å². The molecule has 0 spiro atoms. The van der Waals surface area contributed by atoms with Crippen molar-refractivity contribution in [2.24, 2.45) is 5.92 Å². The SMILES string of the molecule is CC(NCCN(C)CC1CCC1)C1CCCO1. The highest BCUT2D eigenvalue weighted by Gasteiger charge is 2.22. The van der Waals surface area contributed by atoms with E-state index in [9.17, 15) is 0 Å². The van der Waals surface area contributed by atoms with Crippen LogP contribution in [0.2, 0.25) is 0 Å². The van der Waals surface area contributed by atoms with E-state index in [0.29, 0.717) is 12.1 Å². The van der Waals surface area contributed by atoms with E-state index in [1.165, 1.54) is 38.6 Å². The molecule has 0 aromatic rings. The number of nitrogens with zero attached hydrogens (tertiary/aromatic N) is 1. The molecule has 17 heavy (non-hydrogen) atoms. The van der Waals surface area contributed by atoms with Crippen LogP contribution in [0.1, 0.15) is 39.0 Å². The van der Waals surface area contributed by atoms with Crippen molar-refractivity contribution in [2.75, 3.05) is 33.3 Å². The first-order valence-electron chi connectivity index (χ1n) is 7.29. The van der Waals surface area contributed by atoms with Crippen molar-refractivity contribution in [3.8, 4) is 0 Å². The van der Waals surface area contributed by atoms with E-state index in [1.54, 1.807) is 0 Å². The minimum Gasteiger partial charge on any atom is -0.377 e. The molecule has 0 aromatic heterocycles. The molecule has 3 nitrogen and oxygen atoms in total. The first kappa shape index (κ1) is 13.3. The molecule has 2 fully saturated rings. The Kier molecular flexibility index (Phi) is 5.26. The zero-order valence-electron chi connectivity index (χ0n) is 11.5. The molecule has 2 aliphatic rings. The maximum absolute atomic E-state index is 5.69. The summed E-state index contributed by atoms with van der Waals surface area (Å²) in [6.07, 6.45) is 7.26. The number of rotatable bonds is 7. The van der Waals surface area contributed by atoms with Gasteiger partial charge in [-0.05, 0) is 45.6 Å². The van der Waals surface area contributed by atoms with Crippen LogP contribution in [0, 0.1) is 5.92 Å². The highest BCUT2D eigenvalue weighted by molar-refractivity contribution is 4.77. The predicted octanol–water partition coefficient (Wildman–Crippen LogP) is 1.88. The minimum atomic E-state index is 0.451. The first-order chi connectivity index (χ1) is 8.25. The maximum atomic E-state index is 5.69. The third kappa shape index (κ3) is 4.23. The lowest BCUT2D eigenvalue weighted by atomic mass is 9.85. The van der Waals surface area contributed by atoms with E-state index < -0.39 is 0 Å². The zero-order valence-corrected chi connectivity index (χ0v) is 11.5. The van der Waals surface area contributed by atoms with Crippen LogP contribution >= 0.6 is 0 Å². The van der Waals surface area contributed by atoms with Gasteiger partial charge in [-0.2, -0.15) is 0 Å². The molecule has 2 rings (SSSR count). The second-order valence-electron chi connectivity index (χ2n) is 5.85. The number of nitrogens with one attached hydrogen (secondary N) is 1. The Bertz CT molecular complexity index is 212. The molecule has 0 bridgehead atoms. The third-order valence-electron chi connectivity index (χ3n) is 4.28. The number of ether oxygens (including phenoxy) is 1. The molecule has 1 N–H and O–H groups in total. The van der Waals surface area contributed by atoms with Crippen LogP contribution in [-0.2, 0) is 4.74 Å². The Balaban J connectivity index is 1.51. The van der Waals surface area contributed by atoms with Crippen molar-refractivity contribution in [2.45, 2.75) is 51.2 Å². The van der Waals surface area contributed by atoms with E-state index in [0.717, 1.165) is 25.6 Å². The van der Waals surface area contributed by atoms with Crippen molar-refractivity contribution in [1.82, 2.24) is 10.2 Å². The molecule has 100 valence electrons. The van der Waals surface area contributed by atoms with E-state index in [2.05, 4.69) is 24.2 Å².